The molecule has 396 valence electrons. The summed E-state index contributed by atoms with van der Waals surface area (Å²) in [5, 5.41) is 0. The molecule has 5 aromatic heterocycles. The second-order valence-corrected chi connectivity index (χ2v) is 22.7. The Kier molecular flexibility index (Phi) is 30.2. The van der Waals surface area contributed by atoms with E-state index in [0.29, 0.717) is 71.0 Å². The molecule has 72 heavy (non-hydrogen) atoms. The first-order valence-corrected chi connectivity index (χ1v) is 27.3. The lowest BCUT2D eigenvalue weighted by molar-refractivity contribution is 0.726. The molecule has 0 unspecified atom stereocenters. The lowest BCUT2D eigenvalue weighted by Gasteiger charge is -2.14. The summed E-state index contributed by atoms with van der Waals surface area (Å²) in [4.78, 5) is 29.7. The lowest BCUT2D eigenvalue weighted by atomic mass is 9.91. The number of rotatable bonds is 12. The molecule has 6 rings (SSSR count). The largest absolute Gasteiger partial charge is 0.264 e. The van der Waals surface area contributed by atoms with E-state index in [1.165, 1.54) is 55.9 Å². The third kappa shape index (κ3) is 22.3. The van der Waals surface area contributed by atoms with Gasteiger partial charge in [0.25, 0.3) is 0 Å². The minimum Gasteiger partial charge on any atom is -0.264 e. The molecule has 6 aromatic rings. The molecular formula is C65H101N7. The lowest BCUT2D eigenvalue weighted by Crippen LogP contribution is -2.03. The second-order valence-electron chi connectivity index (χ2n) is 22.7. The average Bonchev–Trinajstić information content (AvgIpc) is 3.34. The van der Waals surface area contributed by atoms with Crippen LogP contribution < -0.4 is 0 Å². The van der Waals surface area contributed by atoms with Crippen LogP contribution in [0.25, 0.3) is 0 Å². The van der Waals surface area contributed by atoms with E-state index in [4.69, 9.17) is 0 Å². The maximum Gasteiger partial charge on any atom is 0.115 e. The molecule has 0 saturated heterocycles. The summed E-state index contributed by atoms with van der Waals surface area (Å²) in [7, 11) is 0. The Hall–Kier alpha value is -5.17. The van der Waals surface area contributed by atoms with Crippen LogP contribution in [-0.2, 0) is 0 Å². The highest BCUT2D eigenvalue weighted by Gasteiger charge is 2.14. The van der Waals surface area contributed by atoms with Gasteiger partial charge in [-0.25, -0.2) is 9.97 Å². The molecule has 0 amide bonds. The minimum absolute atomic E-state index is 0.469. The van der Waals surface area contributed by atoms with Crippen LogP contribution in [0.3, 0.4) is 0 Å². The fraction of sp³-hybridized carbons (Fsp3) is 0.554. The maximum absolute atomic E-state index is 4.40. The van der Waals surface area contributed by atoms with Gasteiger partial charge >= 0.3 is 0 Å². The number of pyridine rings is 3. The molecule has 7 nitrogen and oxygen atoms in total. The summed E-state index contributed by atoms with van der Waals surface area (Å²) in [6, 6.07) is 17.2. The van der Waals surface area contributed by atoms with Gasteiger partial charge in [-0.05, 0) is 134 Å². The van der Waals surface area contributed by atoms with Crippen molar-refractivity contribution in [2.45, 2.75) is 237 Å². The van der Waals surface area contributed by atoms with Crippen LogP contribution in [-0.4, -0.2) is 34.9 Å². The van der Waals surface area contributed by atoms with Gasteiger partial charge in [0.05, 0.1) is 11.4 Å². The van der Waals surface area contributed by atoms with E-state index in [-0.39, 0.29) is 0 Å². The van der Waals surface area contributed by atoms with Crippen LogP contribution in [0.5, 0.6) is 0 Å². The van der Waals surface area contributed by atoms with Gasteiger partial charge in [0, 0.05) is 61.0 Å². The van der Waals surface area contributed by atoms with Gasteiger partial charge < -0.3 is 0 Å². The molecule has 0 spiro atoms. The van der Waals surface area contributed by atoms with Crippen molar-refractivity contribution in [2.24, 2.45) is 0 Å². The smallest absolute Gasteiger partial charge is 0.115 e. The van der Waals surface area contributed by atoms with E-state index in [1.54, 1.807) is 18.7 Å². The van der Waals surface area contributed by atoms with E-state index < -0.39 is 0 Å². The summed E-state index contributed by atoms with van der Waals surface area (Å²) < 4.78 is 0. The molecule has 1 aromatic carbocycles. The van der Waals surface area contributed by atoms with Crippen molar-refractivity contribution in [3.63, 3.8) is 0 Å². The second kappa shape index (κ2) is 33.5. The van der Waals surface area contributed by atoms with Crippen LogP contribution in [0.4, 0.5) is 0 Å². The van der Waals surface area contributed by atoms with E-state index in [0.717, 1.165) is 11.4 Å². The van der Waals surface area contributed by atoms with Crippen LogP contribution in [0.1, 0.15) is 304 Å². The highest BCUT2D eigenvalue weighted by atomic mass is 14.8. The number of nitrogens with zero attached hydrogens (tertiary/aromatic N) is 7. The molecule has 0 bridgehead atoms. The molecule has 0 saturated carbocycles. The van der Waals surface area contributed by atoms with Crippen LogP contribution in [0.15, 0.2) is 104 Å². The Morgan fingerprint density at radius 1 is 0.222 bits per heavy atom. The summed E-state index contributed by atoms with van der Waals surface area (Å²) in [6.07, 6.45) is 16.7. The average molecular weight is 981 g/mol. The summed E-state index contributed by atoms with van der Waals surface area (Å²) >= 11 is 0. The minimum atomic E-state index is 0.469. The standard InChI is InChI=1S/C12H18.3C11H17N.2C10H16N2/c1-9(2)11-7-5-6-8-12(11)10(3)4;2*1-8(2)10-5-6-12-7-11(10)9(3)4;1-8(2)10-6-5-7-12-11(10)9(3)4;1-7(2)9-5-11-6-12-10(9)8(3)4;1-7(2)9-10(8(3)4)12-6-5-11-9/h5-10H,1-4H3;3*5-9H,1-4H3;2*5-8H,1-4H3. The summed E-state index contributed by atoms with van der Waals surface area (Å²) in [6.45, 7) is 52.8. The highest BCUT2D eigenvalue weighted by Crippen LogP contribution is 2.28. The third-order valence-electron chi connectivity index (χ3n) is 12.3. The molecule has 0 fully saturated rings. The van der Waals surface area contributed by atoms with E-state index in [1.807, 2.05) is 43.2 Å². The number of hydrogen-bond acceptors (Lipinski definition) is 7. The third-order valence-corrected chi connectivity index (χ3v) is 12.3. The highest BCUT2D eigenvalue weighted by molar-refractivity contribution is 5.32. The van der Waals surface area contributed by atoms with Crippen molar-refractivity contribution < 1.29 is 0 Å². The van der Waals surface area contributed by atoms with Crippen molar-refractivity contribution in [3.05, 3.63) is 172 Å². The quantitative estimate of drug-likeness (QED) is 0.121. The molecule has 0 atom stereocenters. The van der Waals surface area contributed by atoms with Crippen molar-refractivity contribution in [1.29, 1.82) is 0 Å². The van der Waals surface area contributed by atoms with Crippen molar-refractivity contribution in [1.82, 2.24) is 34.9 Å². The molecule has 0 aliphatic heterocycles. The predicted molar refractivity (Wildman–Crippen MR) is 312 cm³/mol. The molecule has 0 aliphatic rings. The fourth-order valence-corrected chi connectivity index (χ4v) is 8.34. The van der Waals surface area contributed by atoms with Crippen LogP contribution in [0, 0.1) is 0 Å². The Morgan fingerprint density at radius 2 is 0.514 bits per heavy atom. The van der Waals surface area contributed by atoms with E-state index >= 15 is 0 Å². The first-order valence-electron chi connectivity index (χ1n) is 27.3. The maximum atomic E-state index is 4.40. The molecule has 5 heterocycles. The zero-order valence-corrected chi connectivity index (χ0v) is 49.9. The van der Waals surface area contributed by atoms with Gasteiger partial charge in [0.2, 0.25) is 0 Å². The van der Waals surface area contributed by atoms with Crippen molar-refractivity contribution in [2.75, 3.05) is 0 Å². The molecule has 0 radical (unpaired) electrons. The summed E-state index contributed by atoms with van der Waals surface area (Å²) in [5.41, 5.74) is 16.0. The zero-order valence-electron chi connectivity index (χ0n) is 49.9. The predicted octanol–water partition coefficient (Wildman–Crippen LogP) is 19.4. The molecular weight excluding hydrogens is 879 g/mol. The Balaban J connectivity index is 0.000000432. The molecule has 0 N–H and O–H groups in total. The number of aromatic nitrogens is 7. The van der Waals surface area contributed by atoms with Crippen LogP contribution in [0.2, 0.25) is 0 Å². The van der Waals surface area contributed by atoms with Crippen molar-refractivity contribution in [3.8, 4) is 0 Å². The van der Waals surface area contributed by atoms with E-state index in [2.05, 4.69) is 244 Å². The Morgan fingerprint density at radius 3 is 0.806 bits per heavy atom. The number of hydrogen-bond donors (Lipinski definition) is 0. The Labute approximate surface area is 441 Å². The van der Waals surface area contributed by atoms with Gasteiger partial charge in [-0.1, -0.05) is 197 Å². The topological polar surface area (TPSA) is 90.2 Å². The first kappa shape index (κ1) is 64.8. The SMILES string of the molecule is CC(C)c1ccccc1C(C)C.CC(C)c1cccnc1C(C)C.CC(C)c1ccncc1C(C)C.CC(C)c1ccncc1C(C)C.CC(C)c1cncnc1C(C)C.CC(C)c1nccnc1C(C)C. The monoisotopic (exact) mass is 980 g/mol. The van der Waals surface area contributed by atoms with Gasteiger partial charge in [0.1, 0.15) is 6.33 Å². The van der Waals surface area contributed by atoms with Crippen LogP contribution >= 0.6 is 0 Å². The van der Waals surface area contributed by atoms with E-state index in [9.17, 15) is 0 Å². The normalized spacial score (nSPS) is 11.2. The Bertz CT molecular complexity index is 1780. The van der Waals surface area contributed by atoms with Crippen molar-refractivity contribution >= 4 is 0 Å². The fourth-order valence-electron chi connectivity index (χ4n) is 8.34. The summed E-state index contributed by atoms with van der Waals surface area (Å²) in [5.74, 6) is 6.70. The molecule has 0 aliphatic carbocycles. The van der Waals surface area contributed by atoms with Gasteiger partial charge in [-0.2, -0.15) is 0 Å². The first-order chi connectivity index (χ1) is 33.8. The zero-order chi connectivity index (χ0) is 54.8. The van der Waals surface area contributed by atoms with Gasteiger partial charge in [-0.3, -0.25) is 24.9 Å². The van der Waals surface area contributed by atoms with Gasteiger partial charge in [0.15, 0.2) is 0 Å². The van der Waals surface area contributed by atoms with Gasteiger partial charge in [-0.15, -0.1) is 0 Å². The molecule has 7 heteroatoms. The number of benzene rings is 1.